The first-order chi connectivity index (χ1) is 12.0. The Morgan fingerprint density at radius 2 is 0.857 bits per heavy atom. The van der Waals surface area contributed by atoms with Gasteiger partial charge in [-0.3, -0.25) is 9.59 Å². The van der Waals surface area contributed by atoms with Gasteiger partial charge in [0.15, 0.2) is 0 Å². The molecule has 8 heteroatoms. The van der Waals surface area contributed by atoms with Crippen LogP contribution in [0.3, 0.4) is 0 Å². The molecule has 0 aliphatic rings. The SMILES string of the molecule is C[N+](C)(C)CCOC(=O)CCCCCCCCC(=O)OCC[N+](C)(C)C.[Cl-].[Cl-]. The number of carbonyl (C=O) groups is 2. The largest absolute Gasteiger partial charge is 1.00 e. The molecule has 0 amide bonds. The summed E-state index contributed by atoms with van der Waals surface area (Å²) in [5, 5.41) is 0. The lowest BCUT2D eigenvalue weighted by Crippen LogP contribution is -3.00. The van der Waals surface area contributed by atoms with Crippen molar-refractivity contribution in [2.24, 2.45) is 0 Å². The summed E-state index contributed by atoms with van der Waals surface area (Å²) < 4.78 is 12.1. The summed E-state index contributed by atoms with van der Waals surface area (Å²) >= 11 is 0. The Balaban J connectivity index is -0.00000312. The topological polar surface area (TPSA) is 52.6 Å². The minimum absolute atomic E-state index is 0. The highest BCUT2D eigenvalue weighted by atomic mass is 35.5. The molecule has 0 spiro atoms. The highest BCUT2D eigenvalue weighted by molar-refractivity contribution is 5.69. The van der Waals surface area contributed by atoms with Crippen LogP contribution in [0.25, 0.3) is 0 Å². The monoisotopic (exact) mass is 444 g/mol. The predicted molar refractivity (Wildman–Crippen MR) is 105 cm³/mol. The van der Waals surface area contributed by atoms with Crippen molar-refractivity contribution in [2.45, 2.75) is 51.4 Å². The third kappa shape index (κ3) is 25.4. The van der Waals surface area contributed by atoms with E-state index in [1.165, 1.54) is 0 Å². The minimum Gasteiger partial charge on any atom is -1.00 e. The van der Waals surface area contributed by atoms with Crippen LogP contribution in [0.1, 0.15) is 51.4 Å². The number of hydrogen-bond acceptors (Lipinski definition) is 4. The molecule has 0 saturated heterocycles. The van der Waals surface area contributed by atoms with Crippen LogP contribution < -0.4 is 24.8 Å². The summed E-state index contributed by atoms with van der Waals surface area (Å²) in [4.78, 5) is 23.2. The zero-order valence-electron chi connectivity index (χ0n) is 18.8. The van der Waals surface area contributed by atoms with Crippen molar-refractivity contribution in [3.63, 3.8) is 0 Å². The van der Waals surface area contributed by atoms with Crippen molar-refractivity contribution >= 4 is 11.9 Å². The highest BCUT2D eigenvalue weighted by Crippen LogP contribution is 2.09. The van der Waals surface area contributed by atoms with Crippen LogP contribution in [-0.4, -0.2) is 89.5 Å². The number of unbranched alkanes of at least 4 members (excludes halogenated alkanes) is 5. The normalized spacial score (nSPS) is 11.2. The molecule has 28 heavy (non-hydrogen) atoms. The number of hydrogen-bond donors (Lipinski definition) is 0. The van der Waals surface area contributed by atoms with Crippen LogP contribution in [0.4, 0.5) is 0 Å². The van der Waals surface area contributed by atoms with Gasteiger partial charge in [0.25, 0.3) is 0 Å². The fourth-order valence-corrected chi connectivity index (χ4v) is 2.26. The van der Waals surface area contributed by atoms with E-state index in [2.05, 4.69) is 42.3 Å². The van der Waals surface area contributed by atoms with Gasteiger partial charge in [-0.1, -0.05) is 25.7 Å². The van der Waals surface area contributed by atoms with Gasteiger partial charge >= 0.3 is 11.9 Å². The first kappa shape index (κ1) is 32.1. The van der Waals surface area contributed by atoms with Gasteiger partial charge in [-0.15, -0.1) is 0 Å². The number of carbonyl (C=O) groups excluding carboxylic acids is 2. The number of rotatable bonds is 15. The van der Waals surface area contributed by atoms with Crippen molar-refractivity contribution in [2.75, 3.05) is 68.6 Å². The summed E-state index contributed by atoms with van der Waals surface area (Å²) in [5.74, 6) is -0.176. The second-order valence-electron chi connectivity index (χ2n) is 9.09. The third-order valence-electron chi connectivity index (χ3n) is 4.06. The molecule has 0 aliphatic carbocycles. The average Bonchev–Trinajstić information content (AvgIpc) is 2.47. The van der Waals surface area contributed by atoms with Crippen molar-refractivity contribution in [1.82, 2.24) is 0 Å². The zero-order valence-corrected chi connectivity index (χ0v) is 20.3. The van der Waals surface area contributed by atoms with E-state index in [1.54, 1.807) is 0 Å². The lowest BCUT2D eigenvalue weighted by molar-refractivity contribution is -0.870. The Morgan fingerprint density at radius 1 is 0.571 bits per heavy atom. The summed E-state index contributed by atoms with van der Waals surface area (Å²) in [5.41, 5.74) is 0. The van der Waals surface area contributed by atoms with E-state index in [1.807, 2.05) is 0 Å². The number of ether oxygens (including phenoxy) is 2. The van der Waals surface area contributed by atoms with Crippen LogP contribution in [-0.2, 0) is 19.1 Å². The van der Waals surface area contributed by atoms with E-state index in [0.717, 1.165) is 60.6 Å². The predicted octanol–water partition coefficient (Wildman–Crippen LogP) is -3.39. The molecule has 0 aromatic carbocycles. The van der Waals surface area contributed by atoms with Crippen LogP contribution in [0, 0.1) is 0 Å². The molecule has 170 valence electrons. The molecule has 0 unspecified atom stereocenters. The third-order valence-corrected chi connectivity index (χ3v) is 4.06. The summed E-state index contributed by atoms with van der Waals surface area (Å²) in [6, 6.07) is 0. The van der Waals surface area contributed by atoms with Crippen LogP contribution in [0.15, 0.2) is 0 Å². The van der Waals surface area contributed by atoms with E-state index in [9.17, 15) is 9.59 Å². The fraction of sp³-hybridized carbons (Fsp3) is 0.900. The first-order valence-corrected chi connectivity index (χ1v) is 9.92. The molecule has 0 aromatic heterocycles. The van der Waals surface area contributed by atoms with Gasteiger partial charge in [-0.05, 0) is 12.8 Å². The van der Waals surface area contributed by atoms with Gasteiger partial charge in [0.2, 0.25) is 0 Å². The van der Waals surface area contributed by atoms with Gasteiger partial charge in [0.05, 0.1) is 42.3 Å². The zero-order chi connectivity index (χ0) is 20.1. The summed E-state index contributed by atoms with van der Waals surface area (Å²) in [6.07, 6.45) is 7.07. The Labute approximate surface area is 184 Å². The molecular formula is C20H42Cl2N2O4. The molecule has 0 atom stereocenters. The molecule has 0 N–H and O–H groups in total. The molecular weight excluding hydrogens is 403 g/mol. The van der Waals surface area contributed by atoms with E-state index in [-0.39, 0.29) is 36.8 Å². The van der Waals surface area contributed by atoms with Gasteiger partial charge in [-0.25, -0.2) is 0 Å². The fourth-order valence-electron chi connectivity index (χ4n) is 2.26. The summed E-state index contributed by atoms with van der Waals surface area (Å²) in [6.45, 7) is 2.66. The lowest BCUT2D eigenvalue weighted by Gasteiger charge is -2.23. The number of esters is 2. The quantitative estimate of drug-likeness (QED) is 0.150. The standard InChI is InChI=1S/C20H42N2O4.2ClH/c1-21(2,3)15-17-25-19(23)13-11-9-7-8-10-12-14-20(24)26-18-16-22(4,5)6;;/h7-18H2,1-6H3;2*1H/q+2;;/p-2. The van der Waals surface area contributed by atoms with Gasteiger partial charge < -0.3 is 43.3 Å². The molecule has 0 aromatic rings. The summed E-state index contributed by atoms with van der Waals surface area (Å²) in [7, 11) is 12.5. The lowest BCUT2D eigenvalue weighted by atomic mass is 10.1. The molecule has 0 fully saturated rings. The van der Waals surface area contributed by atoms with Crippen LogP contribution in [0.2, 0.25) is 0 Å². The van der Waals surface area contributed by atoms with Crippen molar-refractivity contribution in [3.8, 4) is 0 Å². The van der Waals surface area contributed by atoms with Crippen molar-refractivity contribution < 1.29 is 52.8 Å². The number of likely N-dealkylation sites (N-methyl/N-ethyl adjacent to an activating group) is 2. The first-order valence-electron chi connectivity index (χ1n) is 9.92. The van der Waals surface area contributed by atoms with Gasteiger partial charge in [-0.2, -0.15) is 0 Å². The van der Waals surface area contributed by atoms with E-state index in [4.69, 9.17) is 9.47 Å². The smallest absolute Gasteiger partial charge is 0.305 e. The second kappa shape index (κ2) is 17.3. The maximum absolute atomic E-state index is 11.6. The number of halogens is 2. The highest BCUT2D eigenvalue weighted by Gasteiger charge is 2.10. The molecule has 0 radical (unpaired) electrons. The van der Waals surface area contributed by atoms with E-state index < -0.39 is 0 Å². The Hall–Kier alpha value is -0.560. The molecule has 0 saturated carbocycles. The van der Waals surface area contributed by atoms with Crippen molar-refractivity contribution in [3.05, 3.63) is 0 Å². The second-order valence-corrected chi connectivity index (χ2v) is 9.09. The van der Waals surface area contributed by atoms with Crippen LogP contribution in [0.5, 0.6) is 0 Å². The van der Waals surface area contributed by atoms with E-state index in [0.29, 0.717) is 26.1 Å². The van der Waals surface area contributed by atoms with Crippen molar-refractivity contribution in [1.29, 1.82) is 0 Å². The Bertz CT molecular complexity index is 370. The molecule has 0 aliphatic heterocycles. The number of quaternary nitrogens is 2. The van der Waals surface area contributed by atoms with Crippen LogP contribution >= 0.6 is 0 Å². The maximum atomic E-state index is 11.6. The molecule has 6 nitrogen and oxygen atoms in total. The Morgan fingerprint density at radius 3 is 1.14 bits per heavy atom. The molecule has 0 heterocycles. The number of nitrogens with zero attached hydrogens (tertiary/aromatic N) is 2. The maximum Gasteiger partial charge on any atom is 0.305 e. The average molecular weight is 445 g/mol. The van der Waals surface area contributed by atoms with Gasteiger partial charge in [0, 0.05) is 12.8 Å². The minimum atomic E-state index is -0.0879. The van der Waals surface area contributed by atoms with Gasteiger partial charge in [0.1, 0.15) is 26.3 Å². The molecule has 0 bridgehead atoms. The molecule has 0 rings (SSSR count). The Kier molecular flexibility index (Phi) is 19.9. The van der Waals surface area contributed by atoms with E-state index >= 15 is 0 Å².